The second kappa shape index (κ2) is 2.90. The predicted molar refractivity (Wildman–Crippen MR) is 49.0 cm³/mol. The maximum absolute atomic E-state index is 10.5. The Hall–Kier alpha value is -0.830. The number of ether oxygens (including phenoxy) is 1. The monoisotopic (exact) mass is 226 g/mol. The van der Waals surface area contributed by atoms with E-state index < -0.39 is 0 Å². The van der Waals surface area contributed by atoms with Crippen LogP contribution < -0.4 is 4.74 Å². The van der Waals surface area contributed by atoms with Gasteiger partial charge in [-0.25, -0.2) is 0 Å². The van der Waals surface area contributed by atoms with Gasteiger partial charge in [-0.15, -0.1) is 0 Å². The molecule has 12 heavy (non-hydrogen) atoms. The highest BCUT2D eigenvalue weighted by atomic mass is 79.9. The zero-order valence-electron chi connectivity index (χ0n) is 6.29. The van der Waals surface area contributed by atoms with E-state index in [4.69, 9.17) is 4.74 Å². The first-order chi connectivity index (χ1) is 5.81. The fraction of sp³-hybridized carbons (Fsp3) is 0.222. The molecule has 0 saturated heterocycles. The zero-order chi connectivity index (χ0) is 8.55. The van der Waals surface area contributed by atoms with E-state index in [9.17, 15) is 4.79 Å². The summed E-state index contributed by atoms with van der Waals surface area (Å²) in [5.41, 5.74) is 1.77. The minimum Gasteiger partial charge on any atom is -0.492 e. The first-order valence-electron chi connectivity index (χ1n) is 3.67. The van der Waals surface area contributed by atoms with Crippen molar-refractivity contribution in [3.8, 4) is 5.75 Å². The Labute approximate surface area is 78.7 Å². The minimum atomic E-state index is 0.229. The van der Waals surface area contributed by atoms with Gasteiger partial charge in [0.1, 0.15) is 18.6 Å². The van der Waals surface area contributed by atoms with Gasteiger partial charge < -0.3 is 4.74 Å². The number of hydrogen-bond acceptors (Lipinski definition) is 2. The van der Waals surface area contributed by atoms with Crippen LogP contribution in [0.25, 0.3) is 0 Å². The normalized spacial score (nSPS) is 19.9. The van der Waals surface area contributed by atoms with Crippen LogP contribution in [0.15, 0.2) is 18.2 Å². The minimum absolute atomic E-state index is 0.229. The summed E-state index contributed by atoms with van der Waals surface area (Å²) in [6.07, 6.45) is 0.846. The summed E-state index contributed by atoms with van der Waals surface area (Å²) in [4.78, 5) is 10.7. The third-order valence-corrected chi connectivity index (χ3v) is 2.65. The van der Waals surface area contributed by atoms with Crippen LogP contribution in [0, 0.1) is 0 Å². The van der Waals surface area contributed by atoms with Crippen LogP contribution in [0.2, 0.25) is 0 Å². The molecule has 0 fully saturated rings. The Morgan fingerprint density at radius 3 is 3.17 bits per heavy atom. The molecular weight excluding hydrogens is 220 g/mol. The lowest BCUT2D eigenvalue weighted by Crippen LogP contribution is -1.90. The maximum atomic E-state index is 10.5. The molecule has 1 atom stereocenters. The first-order valence-corrected chi connectivity index (χ1v) is 4.59. The van der Waals surface area contributed by atoms with Gasteiger partial charge in [0, 0.05) is 11.1 Å². The molecule has 0 saturated carbocycles. The predicted octanol–water partition coefficient (Wildman–Crippen LogP) is 2.33. The van der Waals surface area contributed by atoms with Crippen LogP contribution in [0.1, 0.15) is 20.7 Å². The van der Waals surface area contributed by atoms with Crippen LogP contribution in [-0.2, 0) is 0 Å². The van der Waals surface area contributed by atoms with Crippen LogP contribution in [-0.4, -0.2) is 12.9 Å². The summed E-state index contributed by atoms with van der Waals surface area (Å²) < 4.78 is 5.35. The third kappa shape index (κ3) is 1.14. The number of rotatable bonds is 1. The van der Waals surface area contributed by atoms with Gasteiger partial charge >= 0.3 is 0 Å². The highest BCUT2D eigenvalue weighted by molar-refractivity contribution is 9.09. The van der Waals surface area contributed by atoms with Gasteiger partial charge in [0.15, 0.2) is 0 Å². The van der Waals surface area contributed by atoms with Gasteiger partial charge in [-0.05, 0) is 18.2 Å². The Bertz CT molecular complexity index is 322. The second-order valence-corrected chi connectivity index (χ2v) is 3.80. The lowest BCUT2D eigenvalue weighted by atomic mass is 10.1. The van der Waals surface area contributed by atoms with Crippen LogP contribution in [0.5, 0.6) is 5.75 Å². The highest BCUT2D eigenvalue weighted by Crippen LogP contribution is 2.37. The van der Waals surface area contributed by atoms with Gasteiger partial charge in [-0.1, -0.05) is 15.9 Å². The van der Waals surface area contributed by atoms with Crippen molar-refractivity contribution in [2.45, 2.75) is 4.83 Å². The van der Waals surface area contributed by atoms with Crippen molar-refractivity contribution < 1.29 is 9.53 Å². The van der Waals surface area contributed by atoms with Gasteiger partial charge in [0.2, 0.25) is 0 Å². The van der Waals surface area contributed by atoms with Crippen molar-refractivity contribution in [1.82, 2.24) is 0 Å². The largest absolute Gasteiger partial charge is 0.492 e. The maximum Gasteiger partial charge on any atom is 0.150 e. The average molecular weight is 227 g/mol. The first kappa shape index (κ1) is 7.80. The molecule has 0 amide bonds. The summed E-state index contributed by atoms with van der Waals surface area (Å²) in [6.45, 7) is 0.650. The lowest BCUT2D eigenvalue weighted by molar-refractivity contribution is 0.112. The highest BCUT2D eigenvalue weighted by Gasteiger charge is 2.21. The van der Waals surface area contributed by atoms with Crippen LogP contribution in [0.4, 0.5) is 0 Å². The number of fused-ring (bicyclic) bond motifs is 1. The van der Waals surface area contributed by atoms with Crippen molar-refractivity contribution >= 4 is 22.2 Å². The van der Waals surface area contributed by atoms with E-state index >= 15 is 0 Å². The molecule has 3 heteroatoms. The Balaban J connectivity index is 2.50. The number of carbonyl (C=O) groups excluding carboxylic acids is 1. The van der Waals surface area contributed by atoms with E-state index in [0.717, 1.165) is 17.6 Å². The summed E-state index contributed by atoms with van der Waals surface area (Å²) >= 11 is 3.46. The van der Waals surface area contributed by atoms with Gasteiger partial charge in [0.25, 0.3) is 0 Å². The molecule has 1 aromatic carbocycles. The average Bonchev–Trinajstić information content (AvgIpc) is 2.47. The van der Waals surface area contributed by atoms with Crippen LogP contribution >= 0.6 is 15.9 Å². The molecule has 0 aliphatic carbocycles. The standard InChI is InChI=1S/C9H7BrO2/c10-8-5-12-9-2-1-6(4-11)3-7(8)9/h1-4,8H,5H2. The summed E-state index contributed by atoms with van der Waals surface area (Å²) in [5.74, 6) is 0.877. The quantitative estimate of drug-likeness (QED) is 0.543. The van der Waals surface area contributed by atoms with E-state index in [-0.39, 0.29) is 4.83 Å². The molecule has 1 aliphatic heterocycles. The van der Waals surface area contributed by atoms with Crippen LogP contribution in [0.3, 0.4) is 0 Å². The molecule has 0 aromatic heterocycles. The fourth-order valence-corrected chi connectivity index (χ4v) is 1.76. The van der Waals surface area contributed by atoms with Crippen molar-refractivity contribution in [3.63, 3.8) is 0 Å². The summed E-state index contributed by atoms with van der Waals surface area (Å²) in [7, 11) is 0. The lowest BCUT2D eigenvalue weighted by Gasteiger charge is -1.98. The molecule has 2 rings (SSSR count). The van der Waals surface area contributed by atoms with Crippen molar-refractivity contribution in [3.05, 3.63) is 29.3 Å². The van der Waals surface area contributed by atoms with E-state index in [1.165, 1.54) is 0 Å². The molecule has 0 N–H and O–H groups in total. The molecule has 1 unspecified atom stereocenters. The van der Waals surface area contributed by atoms with Gasteiger partial charge in [0.05, 0.1) is 4.83 Å². The van der Waals surface area contributed by atoms with E-state index in [1.807, 2.05) is 12.1 Å². The number of alkyl halides is 1. The molecule has 1 heterocycles. The summed E-state index contributed by atoms with van der Waals surface area (Å²) in [5, 5.41) is 0. The Morgan fingerprint density at radius 1 is 1.58 bits per heavy atom. The third-order valence-electron chi connectivity index (χ3n) is 1.89. The SMILES string of the molecule is O=Cc1ccc2c(c1)C(Br)CO2. The van der Waals surface area contributed by atoms with E-state index in [0.29, 0.717) is 12.2 Å². The Kier molecular flexibility index (Phi) is 1.89. The van der Waals surface area contributed by atoms with E-state index in [2.05, 4.69) is 15.9 Å². The van der Waals surface area contributed by atoms with Gasteiger partial charge in [-0.3, -0.25) is 4.79 Å². The molecule has 62 valence electrons. The number of hydrogen-bond donors (Lipinski definition) is 0. The summed E-state index contributed by atoms with van der Waals surface area (Å²) in [6, 6.07) is 5.45. The zero-order valence-corrected chi connectivity index (χ0v) is 7.87. The molecule has 2 nitrogen and oxygen atoms in total. The molecule has 0 bridgehead atoms. The number of benzene rings is 1. The second-order valence-electron chi connectivity index (χ2n) is 2.69. The van der Waals surface area contributed by atoms with Crippen molar-refractivity contribution in [2.75, 3.05) is 6.61 Å². The number of carbonyl (C=O) groups is 1. The molecule has 1 aliphatic rings. The Morgan fingerprint density at radius 2 is 2.42 bits per heavy atom. The van der Waals surface area contributed by atoms with Gasteiger partial charge in [-0.2, -0.15) is 0 Å². The molecule has 0 spiro atoms. The fourth-order valence-electron chi connectivity index (χ4n) is 1.27. The number of halogens is 1. The van der Waals surface area contributed by atoms with E-state index in [1.54, 1.807) is 6.07 Å². The topological polar surface area (TPSA) is 26.3 Å². The van der Waals surface area contributed by atoms with Crippen molar-refractivity contribution in [2.24, 2.45) is 0 Å². The number of aldehydes is 1. The molecule has 0 radical (unpaired) electrons. The molecule has 1 aromatic rings. The smallest absolute Gasteiger partial charge is 0.150 e. The molecular formula is C9H7BrO2. The van der Waals surface area contributed by atoms with Crippen molar-refractivity contribution in [1.29, 1.82) is 0 Å².